The van der Waals surface area contributed by atoms with Crippen molar-refractivity contribution in [2.45, 2.75) is 18.6 Å². The van der Waals surface area contributed by atoms with Crippen molar-refractivity contribution in [3.8, 4) is 11.5 Å². The highest BCUT2D eigenvalue weighted by Gasteiger charge is 2.26. The van der Waals surface area contributed by atoms with Crippen molar-refractivity contribution in [3.63, 3.8) is 0 Å². The van der Waals surface area contributed by atoms with Gasteiger partial charge in [0, 0.05) is 5.56 Å². The van der Waals surface area contributed by atoms with Gasteiger partial charge < -0.3 is 14.8 Å². The number of carbonyl (C=O) groups excluding carboxylic acids is 1. The molecule has 0 aliphatic rings. The summed E-state index contributed by atoms with van der Waals surface area (Å²) in [5, 5.41) is 18.9. The maximum absolute atomic E-state index is 12.9. The Morgan fingerprint density at radius 1 is 1.32 bits per heavy atom. The van der Waals surface area contributed by atoms with E-state index in [-0.39, 0.29) is 11.5 Å². The number of aliphatic hydroxyl groups excluding tert-OH is 1. The van der Waals surface area contributed by atoms with Crippen molar-refractivity contribution >= 4 is 5.91 Å². The van der Waals surface area contributed by atoms with E-state index < -0.39 is 31.2 Å². The standard InChI is InChI=1S/C13H12F3N3O3/c14-5-9(18-12(21)11(15)16)10(20)7-1-3-8(4-2-7)13-19-17-6-22-13/h1-4,6,9-11,20H,5H2,(H,18,21)/t9-,10-/m1/s1. The van der Waals surface area contributed by atoms with Gasteiger partial charge in [-0.25, -0.2) is 4.39 Å². The van der Waals surface area contributed by atoms with Crippen LogP contribution in [0.4, 0.5) is 13.2 Å². The molecule has 6 nitrogen and oxygen atoms in total. The van der Waals surface area contributed by atoms with Gasteiger partial charge in [-0.1, -0.05) is 12.1 Å². The quantitative estimate of drug-likeness (QED) is 0.843. The highest BCUT2D eigenvalue weighted by molar-refractivity contribution is 5.79. The van der Waals surface area contributed by atoms with Crippen LogP contribution in [0.3, 0.4) is 0 Å². The molecule has 9 heteroatoms. The first-order valence-electron chi connectivity index (χ1n) is 6.22. The Labute approximate surface area is 123 Å². The molecule has 0 spiro atoms. The summed E-state index contributed by atoms with van der Waals surface area (Å²) >= 11 is 0. The lowest BCUT2D eigenvalue weighted by Crippen LogP contribution is -2.43. The first-order valence-corrected chi connectivity index (χ1v) is 6.22. The van der Waals surface area contributed by atoms with E-state index in [9.17, 15) is 23.1 Å². The number of aliphatic hydroxyl groups is 1. The molecule has 1 heterocycles. The molecule has 0 radical (unpaired) electrons. The first kappa shape index (κ1) is 16.0. The van der Waals surface area contributed by atoms with Gasteiger partial charge in [0.1, 0.15) is 12.8 Å². The van der Waals surface area contributed by atoms with E-state index in [2.05, 4.69) is 10.2 Å². The van der Waals surface area contributed by atoms with Gasteiger partial charge in [0.05, 0.1) is 6.04 Å². The Morgan fingerprint density at radius 3 is 2.50 bits per heavy atom. The molecule has 1 aromatic heterocycles. The molecule has 2 atom stereocenters. The van der Waals surface area contributed by atoms with Crippen LogP contribution in [0.25, 0.3) is 11.5 Å². The molecule has 0 saturated heterocycles. The van der Waals surface area contributed by atoms with Gasteiger partial charge in [-0.05, 0) is 17.7 Å². The van der Waals surface area contributed by atoms with E-state index in [0.717, 1.165) is 6.39 Å². The average Bonchev–Trinajstić information content (AvgIpc) is 3.06. The number of nitrogens with one attached hydrogen (secondary N) is 1. The molecule has 0 saturated carbocycles. The molecule has 118 valence electrons. The lowest BCUT2D eigenvalue weighted by Gasteiger charge is -2.21. The van der Waals surface area contributed by atoms with Gasteiger partial charge in [-0.2, -0.15) is 8.78 Å². The smallest absolute Gasteiger partial charge is 0.315 e. The highest BCUT2D eigenvalue weighted by Crippen LogP contribution is 2.22. The number of aromatic nitrogens is 2. The summed E-state index contributed by atoms with van der Waals surface area (Å²) < 4.78 is 42.2. The molecule has 1 amide bonds. The van der Waals surface area contributed by atoms with Gasteiger partial charge in [0.25, 0.3) is 5.91 Å². The van der Waals surface area contributed by atoms with Gasteiger partial charge >= 0.3 is 6.43 Å². The van der Waals surface area contributed by atoms with Crippen LogP contribution in [0.5, 0.6) is 0 Å². The molecule has 2 aromatic rings. The largest absolute Gasteiger partial charge is 0.423 e. The lowest BCUT2D eigenvalue weighted by atomic mass is 10.0. The van der Waals surface area contributed by atoms with Gasteiger partial charge in [0.2, 0.25) is 12.3 Å². The number of carbonyl (C=O) groups is 1. The Bertz CT molecular complexity index is 605. The van der Waals surface area contributed by atoms with Gasteiger partial charge in [-0.3, -0.25) is 4.79 Å². The molecular weight excluding hydrogens is 303 g/mol. The molecule has 2 N–H and O–H groups in total. The van der Waals surface area contributed by atoms with E-state index in [4.69, 9.17) is 4.42 Å². The van der Waals surface area contributed by atoms with Crippen molar-refractivity contribution in [1.82, 2.24) is 15.5 Å². The first-order chi connectivity index (χ1) is 10.5. The van der Waals surface area contributed by atoms with Crippen molar-refractivity contribution in [3.05, 3.63) is 36.2 Å². The number of hydrogen-bond donors (Lipinski definition) is 2. The summed E-state index contributed by atoms with van der Waals surface area (Å²) in [6, 6.07) is 4.51. The highest BCUT2D eigenvalue weighted by atomic mass is 19.3. The monoisotopic (exact) mass is 315 g/mol. The Hall–Kier alpha value is -2.42. The zero-order chi connectivity index (χ0) is 16.1. The molecule has 22 heavy (non-hydrogen) atoms. The van der Waals surface area contributed by atoms with Crippen LogP contribution in [0.15, 0.2) is 35.1 Å². The second-order valence-electron chi connectivity index (χ2n) is 4.38. The van der Waals surface area contributed by atoms with Crippen LogP contribution in [0, 0.1) is 0 Å². The second kappa shape index (κ2) is 7.03. The van der Waals surface area contributed by atoms with E-state index in [1.807, 2.05) is 0 Å². The minimum absolute atomic E-state index is 0.250. The summed E-state index contributed by atoms with van der Waals surface area (Å²) in [4.78, 5) is 10.9. The summed E-state index contributed by atoms with van der Waals surface area (Å²) in [6.07, 6.45) is -3.59. The van der Waals surface area contributed by atoms with Gasteiger partial charge in [0.15, 0.2) is 0 Å². The number of halogens is 3. The van der Waals surface area contributed by atoms with Gasteiger partial charge in [-0.15, -0.1) is 10.2 Å². The number of amides is 1. The van der Waals surface area contributed by atoms with E-state index in [1.165, 1.54) is 24.3 Å². The Morgan fingerprint density at radius 2 is 2.00 bits per heavy atom. The molecule has 0 bridgehead atoms. The predicted molar refractivity (Wildman–Crippen MR) is 68.6 cm³/mol. The molecule has 0 aliphatic heterocycles. The number of benzene rings is 1. The van der Waals surface area contributed by atoms with Crippen LogP contribution >= 0.6 is 0 Å². The second-order valence-corrected chi connectivity index (χ2v) is 4.38. The van der Waals surface area contributed by atoms with E-state index in [0.29, 0.717) is 5.56 Å². The zero-order valence-electron chi connectivity index (χ0n) is 11.1. The fraction of sp³-hybridized carbons (Fsp3) is 0.308. The third kappa shape index (κ3) is 3.61. The van der Waals surface area contributed by atoms with Crippen molar-refractivity contribution in [2.24, 2.45) is 0 Å². The lowest BCUT2D eigenvalue weighted by molar-refractivity contribution is -0.133. The van der Waals surface area contributed by atoms with Crippen molar-refractivity contribution in [1.29, 1.82) is 0 Å². The third-order valence-corrected chi connectivity index (χ3v) is 2.93. The summed E-state index contributed by atoms with van der Waals surface area (Å²) in [5.41, 5.74) is 0.822. The number of nitrogens with zero attached hydrogens (tertiary/aromatic N) is 2. The minimum atomic E-state index is -3.28. The molecule has 1 aromatic carbocycles. The molecule has 2 rings (SSSR count). The van der Waals surface area contributed by atoms with Crippen LogP contribution in [0.1, 0.15) is 11.7 Å². The van der Waals surface area contributed by atoms with E-state index >= 15 is 0 Å². The third-order valence-electron chi connectivity index (χ3n) is 2.93. The topological polar surface area (TPSA) is 88.2 Å². The predicted octanol–water partition coefficient (Wildman–Crippen LogP) is 1.49. The minimum Gasteiger partial charge on any atom is -0.423 e. The maximum Gasteiger partial charge on any atom is 0.315 e. The molecular formula is C13H12F3N3O3. The van der Waals surface area contributed by atoms with Crippen LogP contribution in [-0.2, 0) is 4.79 Å². The molecule has 0 aliphatic carbocycles. The fourth-order valence-corrected chi connectivity index (χ4v) is 1.80. The molecule has 0 unspecified atom stereocenters. The van der Waals surface area contributed by atoms with Crippen LogP contribution in [-0.4, -0.2) is 40.4 Å². The summed E-state index contributed by atoms with van der Waals surface area (Å²) in [7, 11) is 0. The SMILES string of the molecule is O=C(N[C@H](CF)[C@H](O)c1ccc(-c2nnco2)cc1)C(F)F. The maximum atomic E-state index is 12.9. The van der Waals surface area contributed by atoms with Crippen molar-refractivity contribution < 1.29 is 27.5 Å². The number of rotatable bonds is 6. The summed E-state index contributed by atoms with van der Waals surface area (Å²) in [6.45, 7) is -1.19. The summed E-state index contributed by atoms with van der Waals surface area (Å²) in [5.74, 6) is -1.38. The average molecular weight is 315 g/mol. The Balaban J connectivity index is 2.10. The zero-order valence-corrected chi connectivity index (χ0v) is 11.1. The fourth-order valence-electron chi connectivity index (χ4n) is 1.80. The Kier molecular flexibility index (Phi) is 5.10. The normalized spacial score (nSPS) is 13.9. The number of hydrogen-bond acceptors (Lipinski definition) is 5. The number of alkyl halides is 3. The molecule has 0 fully saturated rings. The van der Waals surface area contributed by atoms with Crippen LogP contribution in [0.2, 0.25) is 0 Å². The van der Waals surface area contributed by atoms with Crippen LogP contribution < -0.4 is 5.32 Å². The van der Waals surface area contributed by atoms with E-state index in [1.54, 1.807) is 5.32 Å². The van der Waals surface area contributed by atoms with Crippen molar-refractivity contribution in [2.75, 3.05) is 6.67 Å².